The lowest BCUT2D eigenvalue weighted by Crippen LogP contribution is -2.27. The van der Waals surface area contributed by atoms with Crippen LogP contribution in [0, 0.1) is 0 Å². The van der Waals surface area contributed by atoms with Crippen LogP contribution in [0.2, 0.25) is 0 Å². The van der Waals surface area contributed by atoms with E-state index in [0.29, 0.717) is 6.61 Å². The van der Waals surface area contributed by atoms with Gasteiger partial charge in [-0.25, -0.2) is 0 Å². The highest BCUT2D eigenvalue weighted by Gasteiger charge is 2.29. The third-order valence-corrected chi connectivity index (χ3v) is 1.64. The van der Waals surface area contributed by atoms with Gasteiger partial charge in [0.1, 0.15) is 5.16 Å². The van der Waals surface area contributed by atoms with E-state index in [9.17, 15) is 9.36 Å². The van der Waals surface area contributed by atoms with Gasteiger partial charge in [-0.15, -0.1) is 0 Å². The molecule has 0 bridgehead atoms. The zero-order chi connectivity index (χ0) is 8.20. The maximum atomic E-state index is 10.9. The molecule has 0 spiro atoms. The summed E-state index contributed by atoms with van der Waals surface area (Å²) >= 11 is 0. The largest absolute Gasteiger partial charge is 0.465 e. The third kappa shape index (κ3) is 2.44. The third-order valence-electron chi connectivity index (χ3n) is 1.00. The average Bonchev–Trinajstić information content (AvgIpc) is 1.89. The summed E-state index contributed by atoms with van der Waals surface area (Å²) in [5.41, 5.74) is 0. The summed E-state index contributed by atoms with van der Waals surface area (Å²) in [5.74, 6) is -0.424. The Labute approximate surface area is 62.0 Å². The van der Waals surface area contributed by atoms with E-state index in [1.807, 2.05) is 0 Å². The number of esters is 1. The van der Waals surface area contributed by atoms with Crippen LogP contribution >= 0.6 is 8.46 Å². The number of rotatable bonds is 3. The Balaban J connectivity index is 4.04. The summed E-state index contributed by atoms with van der Waals surface area (Å²) in [6, 6.07) is 0. The molecule has 10 heavy (non-hydrogen) atoms. The second kappa shape index (κ2) is 3.67. The molecule has 58 valence electrons. The van der Waals surface area contributed by atoms with Crippen molar-refractivity contribution >= 4 is 14.4 Å². The lowest BCUT2D eigenvalue weighted by Gasteiger charge is -2.12. The first-order valence-corrected chi connectivity index (χ1v) is 3.87. The van der Waals surface area contributed by atoms with Gasteiger partial charge in [0.15, 0.2) is 8.46 Å². The molecule has 0 amide bonds. The van der Waals surface area contributed by atoms with Gasteiger partial charge in [0.25, 0.3) is 0 Å². The van der Waals surface area contributed by atoms with Crippen molar-refractivity contribution in [3.8, 4) is 0 Å². The van der Waals surface area contributed by atoms with Gasteiger partial charge in [-0.2, -0.15) is 0 Å². The van der Waals surface area contributed by atoms with Crippen LogP contribution in [0.1, 0.15) is 20.8 Å². The summed E-state index contributed by atoms with van der Waals surface area (Å²) in [6.45, 7) is 5.19. The zero-order valence-electron chi connectivity index (χ0n) is 6.38. The van der Waals surface area contributed by atoms with Crippen molar-refractivity contribution in [2.75, 3.05) is 6.61 Å². The Morgan fingerprint density at radius 1 is 1.60 bits per heavy atom. The van der Waals surface area contributed by atoms with Gasteiger partial charge < -0.3 is 4.74 Å². The van der Waals surface area contributed by atoms with E-state index in [-0.39, 0.29) is 8.46 Å². The molecule has 4 heteroatoms. The second-order valence-corrected chi connectivity index (χ2v) is 3.67. The van der Waals surface area contributed by atoms with Crippen LogP contribution in [-0.4, -0.2) is 17.7 Å². The molecule has 0 saturated heterocycles. The molecule has 0 aromatic carbocycles. The molecule has 0 rings (SSSR count). The van der Waals surface area contributed by atoms with Gasteiger partial charge in [-0.3, -0.25) is 9.36 Å². The van der Waals surface area contributed by atoms with E-state index in [1.165, 1.54) is 0 Å². The number of hydrogen-bond acceptors (Lipinski definition) is 3. The maximum Gasteiger partial charge on any atom is 0.323 e. The SMILES string of the molecule is CCOC(=O)C(C)(C)P=O. The minimum atomic E-state index is -0.893. The molecule has 0 fully saturated rings. The van der Waals surface area contributed by atoms with Crippen molar-refractivity contribution < 1.29 is 14.1 Å². The summed E-state index contributed by atoms with van der Waals surface area (Å²) < 4.78 is 15.0. The summed E-state index contributed by atoms with van der Waals surface area (Å²) in [6.07, 6.45) is 0. The van der Waals surface area contributed by atoms with Crippen LogP contribution in [0.3, 0.4) is 0 Å². The Morgan fingerprint density at radius 3 is 2.40 bits per heavy atom. The summed E-state index contributed by atoms with van der Waals surface area (Å²) in [5, 5.41) is -0.893. The van der Waals surface area contributed by atoms with Crippen molar-refractivity contribution in [1.29, 1.82) is 0 Å². The van der Waals surface area contributed by atoms with E-state index in [0.717, 1.165) is 0 Å². The molecule has 0 unspecified atom stereocenters. The molecular formula is C6H11O3P. The standard InChI is InChI=1S/C6H11O3P/c1-4-9-5(7)6(2,3)10-8/h4H2,1-3H3. The monoisotopic (exact) mass is 162 g/mol. The van der Waals surface area contributed by atoms with E-state index >= 15 is 0 Å². The minimum absolute atomic E-state index is 0.200. The molecule has 0 aliphatic heterocycles. The molecule has 0 heterocycles. The highest BCUT2D eigenvalue weighted by atomic mass is 31.1. The van der Waals surface area contributed by atoms with Crippen LogP contribution in [0.25, 0.3) is 0 Å². The van der Waals surface area contributed by atoms with E-state index in [1.54, 1.807) is 20.8 Å². The highest BCUT2D eigenvalue weighted by molar-refractivity contribution is 7.27. The Morgan fingerprint density at radius 2 is 2.10 bits per heavy atom. The van der Waals surface area contributed by atoms with Crippen molar-refractivity contribution in [2.24, 2.45) is 0 Å². The van der Waals surface area contributed by atoms with E-state index in [2.05, 4.69) is 4.74 Å². The topological polar surface area (TPSA) is 43.4 Å². The van der Waals surface area contributed by atoms with Crippen molar-refractivity contribution in [1.82, 2.24) is 0 Å². The minimum Gasteiger partial charge on any atom is -0.465 e. The quantitative estimate of drug-likeness (QED) is 0.467. The Bertz CT molecular complexity index is 142. The lowest BCUT2D eigenvalue weighted by atomic mass is 10.2. The molecule has 0 aromatic rings. The zero-order valence-corrected chi connectivity index (χ0v) is 7.27. The van der Waals surface area contributed by atoms with Crippen LogP contribution in [0.15, 0.2) is 0 Å². The van der Waals surface area contributed by atoms with E-state index in [4.69, 9.17) is 0 Å². The molecule has 0 aliphatic rings. The first-order valence-electron chi connectivity index (χ1n) is 3.06. The van der Waals surface area contributed by atoms with Gasteiger partial charge >= 0.3 is 5.97 Å². The molecule has 0 aromatic heterocycles. The molecular weight excluding hydrogens is 151 g/mol. The van der Waals surface area contributed by atoms with Crippen molar-refractivity contribution in [3.63, 3.8) is 0 Å². The second-order valence-electron chi connectivity index (χ2n) is 2.37. The number of hydrogen-bond donors (Lipinski definition) is 0. The van der Waals surface area contributed by atoms with Crippen LogP contribution in [0.5, 0.6) is 0 Å². The molecule has 0 aliphatic carbocycles. The van der Waals surface area contributed by atoms with Crippen molar-refractivity contribution in [3.05, 3.63) is 0 Å². The fourth-order valence-corrected chi connectivity index (χ4v) is 0.484. The lowest BCUT2D eigenvalue weighted by molar-refractivity contribution is -0.145. The summed E-state index contributed by atoms with van der Waals surface area (Å²) in [4.78, 5) is 10.9. The van der Waals surface area contributed by atoms with Gasteiger partial charge in [-0.05, 0) is 20.8 Å². The Hall–Kier alpha value is -0.430. The van der Waals surface area contributed by atoms with Gasteiger partial charge in [-0.1, -0.05) is 0 Å². The normalized spacial score (nSPS) is 11.5. The van der Waals surface area contributed by atoms with Crippen LogP contribution in [-0.2, 0) is 14.1 Å². The Kier molecular flexibility index (Phi) is 3.51. The molecule has 0 saturated carbocycles. The molecule has 3 nitrogen and oxygen atoms in total. The smallest absolute Gasteiger partial charge is 0.323 e. The fourth-order valence-electron chi connectivity index (χ4n) is 0.345. The first-order chi connectivity index (χ1) is 4.54. The van der Waals surface area contributed by atoms with Gasteiger partial charge in [0.2, 0.25) is 0 Å². The summed E-state index contributed by atoms with van der Waals surface area (Å²) in [7, 11) is -0.200. The van der Waals surface area contributed by atoms with Gasteiger partial charge in [0, 0.05) is 0 Å². The van der Waals surface area contributed by atoms with Gasteiger partial charge in [0.05, 0.1) is 6.61 Å². The maximum absolute atomic E-state index is 10.9. The molecule has 0 N–H and O–H groups in total. The number of carbonyl (C=O) groups excluding carboxylic acids is 1. The van der Waals surface area contributed by atoms with Crippen LogP contribution in [0.4, 0.5) is 0 Å². The average molecular weight is 162 g/mol. The fraction of sp³-hybridized carbons (Fsp3) is 0.833. The van der Waals surface area contributed by atoms with Crippen LogP contribution < -0.4 is 0 Å². The first kappa shape index (κ1) is 9.57. The predicted octanol–water partition coefficient (Wildman–Crippen LogP) is 1.62. The van der Waals surface area contributed by atoms with E-state index < -0.39 is 11.1 Å². The molecule has 0 radical (unpaired) electrons. The van der Waals surface area contributed by atoms with Crippen molar-refractivity contribution in [2.45, 2.75) is 25.9 Å². The number of carbonyl (C=O) groups is 1. The molecule has 0 atom stereocenters. The highest BCUT2D eigenvalue weighted by Crippen LogP contribution is 2.22. The number of ether oxygens (including phenoxy) is 1. The predicted molar refractivity (Wildman–Crippen MR) is 38.3 cm³/mol.